The molecule has 1 heterocycles. The molecule has 7 heteroatoms. The van der Waals surface area contributed by atoms with Crippen LogP contribution in [0.1, 0.15) is 24.4 Å². The maximum absolute atomic E-state index is 14.2. The Morgan fingerprint density at radius 1 is 1.11 bits per heavy atom. The molecule has 0 aliphatic heterocycles. The lowest BCUT2D eigenvalue weighted by atomic mass is 10.2. The number of halogens is 1. The fraction of sp³-hybridized carbons (Fsp3) is 0.250. The zero-order valence-electron chi connectivity index (χ0n) is 14.6. The van der Waals surface area contributed by atoms with Gasteiger partial charge in [-0.05, 0) is 30.5 Å². The van der Waals surface area contributed by atoms with Gasteiger partial charge in [-0.3, -0.25) is 9.36 Å². The van der Waals surface area contributed by atoms with Gasteiger partial charge in [-0.25, -0.2) is 4.39 Å². The number of hydrogen-bond acceptors (Lipinski definition) is 4. The number of thioether (sulfide) groups is 1. The molecule has 0 atom stereocenters. The highest BCUT2D eigenvalue weighted by atomic mass is 32.2. The van der Waals surface area contributed by atoms with Crippen molar-refractivity contribution in [1.82, 2.24) is 20.1 Å². The van der Waals surface area contributed by atoms with E-state index in [0.29, 0.717) is 23.1 Å². The largest absolute Gasteiger partial charge is 0.351 e. The van der Waals surface area contributed by atoms with E-state index >= 15 is 0 Å². The van der Waals surface area contributed by atoms with Crippen LogP contribution < -0.4 is 5.32 Å². The van der Waals surface area contributed by atoms with Gasteiger partial charge in [0.05, 0.1) is 11.3 Å². The molecule has 1 aromatic heterocycles. The number of nitrogens with one attached hydrogen (secondary N) is 1. The molecule has 1 N–H and O–H groups in total. The number of aromatic nitrogens is 3. The highest BCUT2D eigenvalue weighted by Gasteiger charge is 2.31. The van der Waals surface area contributed by atoms with Crippen LogP contribution in [0.15, 0.2) is 59.8 Å². The number of carbonyl (C=O) groups excluding carboxylic acids is 1. The summed E-state index contributed by atoms with van der Waals surface area (Å²) in [6, 6.07) is 16.6. The van der Waals surface area contributed by atoms with Crippen molar-refractivity contribution < 1.29 is 9.18 Å². The summed E-state index contributed by atoms with van der Waals surface area (Å²) < 4.78 is 16.1. The smallest absolute Gasteiger partial charge is 0.230 e. The van der Waals surface area contributed by atoms with E-state index in [1.54, 1.807) is 18.2 Å². The summed E-state index contributed by atoms with van der Waals surface area (Å²) >= 11 is 1.33. The maximum atomic E-state index is 14.2. The normalized spacial score (nSPS) is 13.5. The maximum Gasteiger partial charge on any atom is 0.230 e. The molecular weight excluding hydrogens is 363 g/mol. The lowest BCUT2D eigenvalue weighted by Gasteiger charge is -2.09. The molecule has 5 nitrogen and oxygen atoms in total. The Kier molecular flexibility index (Phi) is 5.20. The highest BCUT2D eigenvalue weighted by molar-refractivity contribution is 7.99. The van der Waals surface area contributed by atoms with Crippen LogP contribution in [0.4, 0.5) is 4.39 Å². The van der Waals surface area contributed by atoms with Crippen LogP contribution in [0.25, 0.3) is 11.4 Å². The quantitative estimate of drug-likeness (QED) is 0.631. The predicted octanol–water partition coefficient (Wildman–Crippen LogP) is 3.83. The summed E-state index contributed by atoms with van der Waals surface area (Å²) in [5.74, 6) is 0.392. The molecule has 1 amide bonds. The van der Waals surface area contributed by atoms with E-state index in [-0.39, 0.29) is 23.5 Å². The van der Waals surface area contributed by atoms with E-state index in [1.807, 2.05) is 34.9 Å². The van der Waals surface area contributed by atoms with Crippen molar-refractivity contribution in [2.45, 2.75) is 30.6 Å². The first-order valence-electron chi connectivity index (χ1n) is 8.85. The van der Waals surface area contributed by atoms with Crippen LogP contribution in [0.2, 0.25) is 0 Å². The van der Waals surface area contributed by atoms with Crippen LogP contribution in [-0.2, 0) is 11.3 Å². The van der Waals surface area contributed by atoms with E-state index in [9.17, 15) is 9.18 Å². The van der Waals surface area contributed by atoms with E-state index in [4.69, 9.17) is 0 Å². The van der Waals surface area contributed by atoms with Gasteiger partial charge in [0.15, 0.2) is 11.0 Å². The second-order valence-corrected chi connectivity index (χ2v) is 7.38. The molecular formula is C20H19FN4OS. The first-order chi connectivity index (χ1) is 13.2. The second-order valence-electron chi connectivity index (χ2n) is 6.44. The minimum atomic E-state index is -0.316. The molecule has 2 aromatic carbocycles. The first kappa shape index (κ1) is 17.7. The molecule has 0 bridgehead atoms. The summed E-state index contributed by atoms with van der Waals surface area (Å²) in [6.07, 6.45) is 2.04. The van der Waals surface area contributed by atoms with Crippen LogP contribution in [-0.4, -0.2) is 26.4 Å². The Morgan fingerprint density at radius 2 is 1.85 bits per heavy atom. The summed E-state index contributed by atoms with van der Waals surface area (Å²) in [7, 11) is 0. The third-order valence-electron chi connectivity index (χ3n) is 4.36. The number of hydrogen-bond donors (Lipinski definition) is 1. The van der Waals surface area contributed by atoms with Crippen molar-refractivity contribution in [3.63, 3.8) is 0 Å². The molecule has 27 heavy (non-hydrogen) atoms. The molecule has 0 spiro atoms. The molecule has 1 fully saturated rings. The molecule has 0 unspecified atom stereocenters. The fourth-order valence-corrected chi connectivity index (χ4v) is 3.68. The SMILES string of the molecule is O=C(CSc1nnc(-c2ccccc2F)n1C1CC1)NCc1ccccc1. The zero-order valence-corrected chi connectivity index (χ0v) is 15.5. The first-order valence-corrected chi connectivity index (χ1v) is 9.84. The van der Waals surface area contributed by atoms with Gasteiger partial charge < -0.3 is 5.32 Å². The van der Waals surface area contributed by atoms with Gasteiger partial charge in [0.2, 0.25) is 5.91 Å². The lowest BCUT2D eigenvalue weighted by Crippen LogP contribution is -2.24. The highest BCUT2D eigenvalue weighted by Crippen LogP contribution is 2.41. The molecule has 0 saturated heterocycles. The summed E-state index contributed by atoms with van der Waals surface area (Å²) in [6.45, 7) is 0.496. The predicted molar refractivity (Wildman–Crippen MR) is 103 cm³/mol. The monoisotopic (exact) mass is 382 g/mol. The minimum absolute atomic E-state index is 0.0679. The molecule has 3 aromatic rings. The molecule has 0 radical (unpaired) electrons. The van der Waals surface area contributed by atoms with Gasteiger partial charge in [-0.2, -0.15) is 0 Å². The Labute approximate surface area is 161 Å². The Balaban J connectivity index is 1.43. The molecule has 1 saturated carbocycles. The Morgan fingerprint density at radius 3 is 2.59 bits per heavy atom. The second kappa shape index (κ2) is 7.92. The third kappa shape index (κ3) is 4.19. The van der Waals surface area contributed by atoms with E-state index in [2.05, 4.69) is 15.5 Å². The van der Waals surface area contributed by atoms with Crippen LogP contribution >= 0.6 is 11.8 Å². The van der Waals surface area contributed by atoms with Crippen LogP contribution in [0, 0.1) is 5.82 Å². The average molecular weight is 382 g/mol. The van der Waals surface area contributed by atoms with E-state index in [1.165, 1.54) is 17.8 Å². The molecule has 1 aliphatic rings. The standard InChI is InChI=1S/C20H19FN4OS/c21-17-9-5-4-8-16(17)19-23-24-20(25(19)15-10-11-15)27-13-18(26)22-12-14-6-2-1-3-7-14/h1-9,15H,10-13H2,(H,22,26). The van der Waals surface area contributed by atoms with E-state index in [0.717, 1.165) is 18.4 Å². The van der Waals surface area contributed by atoms with Gasteiger partial charge in [-0.1, -0.05) is 54.2 Å². The fourth-order valence-electron chi connectivity index (χ4n) is 2.84. The summed E-state index contributed by atoms with van der Waals surface area (Å²) in [5.41, 5.74) is 1.50. The van der Waals surface area contributed by atoms with Crippen molar-refractivity contribution >= 4 is 17.7 Å². The Bertz CT molecular complexity index is 940. The zero-order chi connectivity index (χ0) is 18.6. The summed E-state index contributed by atoms with van der Waals surface area (Å²) in [4.78, 5) is 12.2. The lowest BCUT2D eigenvalue weighted by molar-refractivity contribution is -0.118. The van der Waals surface area contributed by atoms with Gasteiger partial charge in [0.25, 0.3) is 0 Å². The van der Waals surface area contributed by atoms with Gasteiger partial charge >= 0.3 is 0 Å². The van der Waals surface area contributed by atoms with Gasteiger partial charge in [-0.15, -0.1) is 10.2 Å². The average Bonchev–Trinajstić information content (AvgIpc) is 3.45. The van der Waals surface area contributed by atoms with Crippen molar-refractivity contribution in [2.24, 2.45) is 0 Å². The van der Waals surface area contributed by atoms with Crippen LogP contribution in [0.3, 0.4) is 0 Å². The molecule has 1 aliphatic carbocycles. The van der Waals surface area contributed by atoms with E-state index < -0.39 is 0 Å². The number of carbonyl (C=O) groups is 1. The van der Waals surface area contributed by atoms with Crippen molar-refractivity contribution in [3.05, 3.63) is 66.0 Å². The number of amides is 1. The van der Waals surface area contributed by atoms with Gasteiger partial charge in [0.1, 0.15) is 5.82 Å². The molecule has 138 valence electrons. The number of rotatable bonds is 7. The van der Waals surface area contributed by atoms with Crippen molar-refractivity contribution in [1.29, 1.82) is 0 Å². The van der Waals surface area contributed by atoms with Crippen molar-refractivity contribution in [3.8, 4) is 11.4 Å². The van der Waals surface area contributed by atoms with Crippen LogP contribution in [0.5, 0.6) is 0 Å². The van der Waals surface area contributed by atoms with Gasteiger partial charge in [0, 0.05) is 12.6 Å². The third-order valence-corrected chi connectivity index (χ3v) is 5.30. The topological polar surface area (TPSA) is 59.8 Å². The Hall–Kier alpha value is -2.67. The number of nitrogens with zero attached hydrogens (tertiary/aromatic N) is 3. The summed E-state index contributed by atoms with van der Waals surface area (Å²) in [5, 5.41) is 12.0. The number of benzene rings is 2. The molecule has 4 rings (SSSR count). The van der Waals surface area contributed by atoms with Crippen molar-refractivity contribution in [2.75, 3.05) is 5.75 Å². The minimum Gasteiger partial charge on any atom is -0.351 e.